The first kappa shape index (κ1) is 19.1. The lowest BCUT2D eigenvalue weighted by Gasteiger charge is -2.27. The van der Waals surface area contributed by atoms with Gasteiger partial charge in [0.25, 0.3) is 0 Å². The van der Waals surface area contributed by atoms with Crippen LogP contribution in [0.5, 0.6) is 0 Å². The standard InChI is InChI=1S/C20H28Si/c1-5-9-13-17-21(18-14-10-6-2,19-15-11-7-3)20-16-12-8-4/h5-16H,1-4,17-20H2/b13-9+,14-10+,15-11+,16-12+. The predicted octanol–water partition coefficient (Wildman–Crippen LogP) is 6.40. The van der Waals surface area contributed by atoms with Gasteiger partial charge in [0, 0.05) is 0 Å². The van der Waals surface area contributed by atoms with Gasteiger partial charge in [0.05, 0.1) is 8.07 Å². The first-order chi connectivity index (χ1) is 10.2. The highest BCUT2D eigenvalue weighted by molar-refractivity contribution is 6.81. The molecule has 0 aromatic carbocycles. The maximum atomic E-state index is 3.75. The molecule has 0 saturated carbocycles. The van der Waals surface area contributed by atoms with Crippen molar-refractivity contribution in [2.45, 2.75) is 24.2 Å². The number of hydrogen-bond donors (Lipinski definition) is 0. The summed E-state index contributed by atoms with van der Waals surface area (Å²) < 4.78 is 0. The van der Waals surface area contributed by atoms with Crippen molar-refractivity contribution in [3.8, 4) is 0 Å². The normalized spacial score (nSPS) is 12.6. The molecule has 0 aliphatic rings. The molecule has 0 aromatic heterocycles. The molecule has 0 rings (SSSR count). The predicted molar refractivity (Wildman–Crippen MR) is 102 cm³/mol. The minimum absolute atomic E-state index is 1.14. The third kappa shape index (κ3) is 9.64. The fraction of sp³-hybridized carbons (Fsp3) is 0.200. The summed E-state index contributed by atoms with van der Waals surface area (Å²) in [6, 6.07) is 4.57. The minimum atomic E-state index is -1.48. The number of hydrogen-bond acceptors (Lipinski definition) is 0. The van der Waals surface area contributed by atoms with Gasteiger partial charge >= 0.3 is 0 Å². The van der Waals surface area contributed by atoms with Crippen molar-refractivity contribution in [2.75, 3.05) is 0 Å². The average molecular weight is 297 g/mol. The van der Waals surface area contributed by atoms with Crippen LogP contribution in [-0.4, -0.2) is 8.07 Å². The van der Waals surface area contributed by atoms with Gasteiger partial charge in [-0.05, 0) is 24.2 Å². The molecule has 0 atom stereocenters. The zero-order valence-electron chi connectivity index (χ0n) is 13.1. The summed E-state index contributed by atoms with van der Waals surface area (Å²) in [5.74, 6) is 0. The van der Waals surface area contributed by atoms with E-state index in [2.05, 4.69) is 50.6 Å². The smallest absolute Gasteiger partial charge is 0.0686 e. The second-order valence-electron chi connectivity index (χ2n) is 4.97. The fourth-order valence-corrected chi connectivity index (χ4v) is 5.70. The van der Waals surface area contributed by atoms with Gasteiger partial charge in [0.15, 0.2) is 0 Å². The highest BCUT2D eigenvalue weighted by atomic mass is 28.3. The SMILES string of the molecule is C=C/C=C/C[Si](C/C=C/C=C)(C/C=C/C=C)C/C=C/C=C. The van der Waals surface area contributed by atoms with Crippen molar-refractivity contribution in [1.82, 2.24) is 0 Å². The van der Waals surface area contributed by atoms with Crippen LogP contribution in [0.2, 0.25) is 24.2 Å². The molecule has 21 heavy (non-hydrogen) atoms. The molecule has 0 spiro atoms. The molecule has 0 saturated heterocycles. The molecule has 0 unspecified atom stereocenters. The van der Waals surface area contributed by atoms with Crippen LogP contribution in [0.1, 0.15) is 0 Å². The molecule has 0 aliphatic heterocycles. The molecule has 0 aliphatic carbocycles. The van der Waals surface area contributed by atoms with E-state index < -0.39 is 8.07 Å². The van der Waals surface area contributed by atoms with Crippen molar-refractivity contribution >= 4 is 8.07 Å². The van der Waals surface area contributed by atoms with Crippen LogP contribution >= 0.6 is 0 Å². The Hall–Kier alpha value is -1.86. The van der Waals surface area contributed by atoms with Crippen molar-refractivity contribution in [3.05, 3.63) is 99.2 Å². The summed E-state index contributed by atoms with van der Waals surface area (Å²) in [4.78, 5) is 0. The molecule has 1 heteroatoms. The number of allylic oxidation sites excluding steroid dienone is 12. The van der Waals surface area contributed by atoms with Crippen LogP contribution in [0, 0.1) is 0 Å². The summed E-state index contributed by atoms with van der Waals surface area (Å²) in [6.45, 7) is 15.0. The summed E-state index contributed by atoms with van der Waals surface area (Å²) in [5.41, 5.74) is 0. The second kappa shape index (κ2) is 13.1. The molecule has 0 nitrogen and oxygen atoms in total. The van der Waals surface area contributed by atoms with Crippen LogP contribution in [0.15, 0.2) is 99.2 Å². The van der Waals surface area contributed by atoms with Gasteiger partial charge in [-0.1, -0.05) is 99.2 Å². The van der Waals surface area contributed by atoms with Gasteiger partial charge in [-0.15, -0.1) is 0 Å². The lowest BCUT2D eigenvalue weighted by molar-refractivity contribution is 1.28. The molecule has 0 aromatic rings. The molecule has 0 amide bonds. The molecule has 112 valence electrons. The van der Waals surface area contributed by atoms with Crippen molar-refractivity contribution in [1.29, 1.82) is 0 Å². The van der Waals surface area contributed by atoms with Crippen molar-refractivity contribution in [2.24, 2.45) is 0 Å². The molecular formula is C20H28Si. The van der Waals surface area contributed by atoms with E-state index in [9.17, 15) is 0 Å². The summed E-state index contributed by atoms with van der Waals surface area (Å²) in [7, 11) is -1.48. The third-order valence-corrected chi connectivity index (χ3v) is 7.70. The molecule has 0 N–H and O–H groups in total. The van der Waals surface area contributed by atoms with E-state index in [-0.39, 0.29) is 0 Å². The van der Waals surface area contributed by atoms with Gasteiger partial charge in [0.2, 0.25) is 0 Å². The maximum Gasteiger partial charge on any atom is 0.0686 e. The Labute approximate surface area is 132 Å². The van der Waals surface area contributed by atoms with Gasteiger partial charge in [-0.2, -0.15) is 0 Å². The van der Waals surface area contributed by atoms with E-state index in [0.29, 0.717) is 0 Å². The quantitative estimate of drug-likeness (QED) is 0.288. The summed E-state index contributed by atoms with van der Waals surface area (Å²) >= 11 is 0. The Morgan fingerprint density at radius 3 is 0.905 bits per heavy atom. The van der Waals surface area contributed by atoms with Crippen LogP contribution in [0.4, 0.5) is 0 Å². The Morgan fingerprint density at radius 2 is 0.714 bits per heavy atom. The molecule has 0 fully saturated rings. The van der Waals surface area contributed by atoms with E-state index >= 15 is 0 Å². The average Bonchev–Trinajstić information content (AvgIpc) is 2.48. The molecule has 0 bridgehead atoms. The Bertz CT molecular complexity index is 347. The van der Waals surface area contributed by atoms with Gasteiger partial charge in [0.1, 0.15) is 0 Å². The van der Waals surface area contributed by atoms with E-state index in [4.69, 9.17) is 0 Å². The van der Waals surface area contributed by atoms with Crippen LogP contribution in [-0.2, 0) is 0 Å². The van der Waals surface area contributed by atoms with E-state index in [0.717, 1.165) is 24.2 Å². The highest BCUT2D eigenvalue weighted by Gasteiger charge is 2.27. The largest absolute Gasteiger partial charge is 0.0991 e. The lowest BCUT2D eigenvalue weighted by Crippen LogP contribution is -2.31. The zero-order chi connectivity index (χ0) is 15.8. The fourth-order valence-electron chi connectivity index (χ4n) is 2.16. The first-order valence-corrected chi connectivity index (χ1v) is 10.2. The topological polar surface area (TPSA) is 0 Å². The monoisotopic (exact) mass is 296 g/mol. The summed E-state index contributed by atoms with van der Waals surface area (Å²) in [6.07, 6.45) is 24.6. The number of rotatable bonds is 12. The van der Waals surface area contributed by atoms with Crippen LogP contribution in [0.3, 0.4) is 0 Å². The highest BCUT2D eigenvalue weighted by Crippen LogP contribution is 2.28. The van der Waals surface area contributed by atoms with Crippen LogP contribution < -0.4 is 0 Å². The lowest BCUT2D eigenvalue weighted by atomic mass is 10.5. The molecular weight excluding hydrogens is 268 g/mol. The van der Waals surface area contributed by atoms with Gasteiger partial charge in [-0.25, -0.2) is 0 Å². The van der Waals surface area contributed by atoms with Crippen molar-refractivity contribution in [3.63, 3.8) is 0 Å². The molecule has 0 heterocycles. The third-order valence-electron chi connectivity index (χ3n) is 3.29. The van der Waals surface area contributed by atoms with E-state index in [1.54, 1.807) is 0 Å². The minimum Gasteiger partial charge on any atom is -0.0991 e. The Morgan fingerprint density at radius 1 is 0.476 bits per heavy atom. The first-order valence-electron chi connectivity index (χ1n) is 7.35. The Balaban J connectivity index is 5.19. The van der Waals surface area contributed by atoms with Crippen molar-refractivity contribution < 1.29 is 0 Å². The van der Waals surface area contributed by atoms with Gasteiger partial charge < -0.3 is 0 Å². The maximum absolute atomic E-state index is 3.75. The second-order valence-corrected chi connectivity index (χ2v) is 9.60. The van der Waals surface area contributed by atoms with E-state index in [1.807, 2.05) is 48.6 Å². The zero-order valence-corrected chi connectivity index (χ0v) is 14.1. The Kier molecular flexibility index (Phi) is 12.0. The summed E-state index contributed by atoms with van der Waals surface area (Å²) in [5, 5.41) is 0. The van der Waals surface area contributed by atoms with Gasteiger partial charge in [-0.3, -0.25) is 0 Å². The molecule has 0 radical (unpaired) electrons. The van der Waals surface area contributed by atoms with Crippen LogP contribution in [0.25, 0.3) is 0 Å². The van der Waals surface area contributed by atoms with E-state index in [1.165, 1.54) is 0 Å².